The third-order valence-corrected chi connectivity index (χ3v) is 3.57. The topological polar surface area (TPSA) is 59.6 Å². The van der Waals surface area contributed by atoms with Gasteiger partial charge in [0, 0.05) is 18.2 Å². The van der Waals surface area contributed by atoms with Gasteiger partial charge < -0.3 is 20.1 Å². The predicted octanol–water partition coefficient (Wildman–Crippen LogP) is 1.95. The van der Waals surface area contributed by atoms with Crippen LogP contribution < -0.4 is 20.1 Å². The van der Waals surface area contributed by atoms with E-state index in [1.807, 2.05) is 13.8 Å². The molecule has 6 heteroatoms. The second-order valence-corrected chi connectivity index (χ2v) is 5.51. The molecule has 0 aliphatic carbocycles. The molecule has 110 valence electrons. The van der Waals surface area contributed by atoms with Crippen LogP contribution in [0.3, 0.4) is 0 Å². The van der Waals surface area contributed by atoms with Gasteiger partial charge in [0.25, 0.3) is 5.91 Å². The molecular formula is C14H19BrN2O3. The predicted molar refractivity (Wildman–Crippen MR) is 80.6 cm³/mol. The lowest BCUT2D eigenvalue weighted by atomic mass is 10.1. The standard InChI is InChI=1S/C14H19BrN2O3/c1-3-16-9(2)8-17-14(18)10-6-11(15)13-12(7-10)19-4-5-20-13/h6-7,9,16H,3-5,8H2,1-2H3,(H,17,18)/t9-/m1/s1. The fourth-order valence-corrected chi connectivity index (χ4v) is 2.57. The van der Waals surface area contributed by atoms with Gasteiger partial charge in [0.15, 0.2) is 11.5 Å². The molecule has 20 heavy (non-hydrogen) atoms. The van der Waals surface area contributed by atoms with Crippen molar-refractivity contribution in [3.8, 4) is 11.5 Å². The van der Waals surface area contributed by atoms with Crippen LogP contribution in [0.15, 0.2) is 16.6 Å². The van der Waals surface area contributed by atoms with Crippen molar-refractivity contribution >= 4 is 21.8 Å². The van der Waals surface area contributed by atoms with E-state index in [1.165, 1.54) is 0 Å². The highest BCUT2D eigenvalue weighted by Gasteiger charge is 2.19. The van der Waals surface area contributed by atoms with Gasteiger partial charge in [0.05, 0.1) is 4.47 Å². The van der Waals surface area contributed by atoms with Gasteiger partial charge in [-0.05, 0) is 41.5 Å². The Morgan fingerprint density at radius 3 is 2.90 bits per heavy atom. The normalized spacial score (nSPS) is 14.8. The Bertz CT molecular complexity index is 494. The molecule has 1 atom stereocenters. The fourth-order valence-electron chi connectivity index (χ4n) is 2.01. The van der Waals surface area contributed by atoms with Gasteiger partial charge in [-0.2, -0.15) is 0 Å². The molecule has 1 heterocycles. The summed E-state index contributed by atoms with van der Waals surface area (Å²) in [5, 5.41) is 6.14. The van der Waals surface area contributed by atoms with E-state index in [0.29, 0.717) is 36.8 Å². The van der Waals surface area contributed by atoms with Crippen LogP contribution in [0, 0.1) is 0 Å². The van der Waals surface area contributed by atoms with Gasteiger partial charge in [-0.15, -0.1) is 0 Å². The Labute approximate surface area is 127 Å². The maximum absolute atomic E-state index is 12.1. The van der Waals surface area contributed by atoms with Crippen LogP contribution in [-0.2, 0) is 0 Å². The van der Waals surface area contributed by atoms with E-state index < -0.39 is 0 Å². The van der Waals surface area contributed by atoms with Gasteiger partial charge >= 0.3 is 0 Å². The molecule has 0 bridgehead atoms. The first kappa shape index (κ1) is 15.1. The Morgan fingerprint density at radius 1 is 1.40 bits per heavy atom. The number of halogens is 1. The highest BCUT2D eigenvalue weighted by molar-refractivity contribution is 9.10. The average molecular weight is 343 g/mol. The number of hydrogen-bond donors (Lipinski definition) is 2. The minimum atomic E-state index is -0.118. The molecule has 1 aromatic rings. The van der Waals surface area contributed by atoms with Crippen LogP contribution >= 0.6 is 15.9 Å². The van der Waals surface area contributed by atoms with Crippen molar-refractivity contribution in [1.82, 2.24) is 10.6 Å². The Kier molecular flexibility index (Phi) is 5.25. The monoisotopic (exact) mass is 342 g/mol. The molecule has 0 saturated carbocycles. The highest BCUT2D eigenvalue weighted by Crippen LogP contribution is 2.38. The molecule has 1 aliphatic heterocycles. The minimum absolute atomic E-state index is 0.118. The van der Waals surface area contributed by atoms with Gasteiger partial charge in [-0.3, -0.25) is 4.79 Å². The van der Waals surface area contributed by atoms with Crippen molar-refractivity contribution in [2.45, 2.75) is 19.9 Å². The van der Waals surface area contributed by atoms with Crippen LogP contribution in [0.1, 0.15) is 24.2 Å². The van der Waals surface area contributed by atoms with Gasteiger partial charge in [-0.25, -0.2) is 0 Å². The lowest BCUT2D eigenvalue weighted by Gasteiger charge is -2.20. The zero-order valence-electron chi connectivity index (χ0n) is 11.7. The Balaban J connectivity index is 2.05. The van der Waals surface area contributed by atoms with Crippen molar-refractivity contribution in [1.29, 1.82) is 0 Å². The molecule has 0 spiro atoms. The number of likely N-dealkylation sites (N-methyl/N-ethyl adjacent to an activating group) is 1. The van der Waals surface area contributed by atoms with E-state index in [0.717, 1.165) is 11.0 Å². The van der Waals surface area contributed by atoms with Gasteiger partial charge in [0.2, 0.25) is 0 Å². The van der Waals surface area contributed by atoms with Crippen molar-refractivity contribution in [2.75, 3.05) is 26.3 Å². The summed E-state index contributed by atoms with van der Waals surface area (Å²) in [6.45, 7) is 6.56. The van der Waals surface area contributed by atoms with E-state index >= 15 is 0 Å². The summed E-state index contributed by atoms with van der Waals surface area (Å²) < 4.78 is 11.8. The molecular weight excluding hydrogens is 324 g/mol. The molecule has 1 aromatic carbocycles. The molecule has 0 aromatic heterocycles. The summed E-state index contributed by atoms with van der Waals surface area (Å²) in [6.07, 6.45) is 0. The van der Waals surface area contributed by atoms with Crippen molar-refractivity contribution in [2.24, 2.45) is 0 Å². The number of benzene rings is 1. The molecule has 0 fully saturated rings. The third kappa shape index (κ3) is 3.64. The summed E-state index contributed by atoms with van der Waals surface area (Å²) in [5.41, 5.74) is 0.560. The number of ether oxygens (including phenoxy) is 2. The van der Waals surface area contributed by atoms with Crippen LogP contribution in [0.2, 0.25) is 0 Å². The van der Waals surface area contributed by atoms with Crippen LogP contribution in [0.4, 0.5) is 0 Å². The number of nitrogens with one attached hydrogen (secondary N) is 2. The van der Waals surface area contributed by atoms with Crippen molar-refractivity contribution < 1.29 is 14.3 Å². The lowest BCUT2D eigenvalue weighted by Crippen LogP contribution is -2.38. The lowest BCUT2D eigenvalue weighted by molar-refractivity contribution is 0.0949. The molecule has 0 radical (unpaired) electrons. The summed E-state index contributed by atoms with van der Waals surface area (Å²) >= 11 is 3.41. The van der Waals surface area contributed by atoms with E-state index in [1.54, 1.807) is 12.1 Å². The number of carbonyl (C=O) groups is 1. The number of amides is 1. The Hall–Kier alpha value is -1.27. The zero-order chi connectivity index (χ0) is 14.5. The summed E-state index contributed by atoms with van der Waals surface area (Å²) in [5.74, 6) is 1.15. The van der Waals surface area contributed by atoms with E-state index in [9.17, 15) is 4.79 Å². The molecule has 1 aliphatic rings. The number of hydrogen-bond acceptors (Lipinski definition) is 4. The van der Waals surface area contributed by atoms with Crippen LogP contribution in [-0.4, -0.2) is 38.3 Å². The van der Waals surface area contributed by atoms with Gasteiger partial charge in [-0.1, -0.05) is 6.92 Å². The van der Waals surface area contributed by atoms with Crippen LogP contribution in [0.5, 0.6) is 11.5 Å². The smallest absolute Gasteiger partial charge is 0.251 e. The fraction of sp³-hybridized carbons (Fsp3) is 0.500. The quantitative estimate of drug-likeness (QED) is 0.858. The van der Waals surface area contributed by atoms with E-state index in [-0.39, 0.29) is 11.9 Å². The van der Waals surface area contributed by atoms with Crippen molar-refractivity contribution in [3.05, 3.63) is 22.2 Å². The first-order valence-electron chi connectivity index (χ1n) is 6.72. The first-order chi connectivity index (χ1) is 9.61. The molecule has 0 saturated heterocycles. The highest BCUT2D eigenvalue weighted by atomic mass is 79.9. The number of fused-ring (bicyclic) bond motifs is 1. The summed E-state index contributed by atoms with van der Waals surface area (Å²) in [6, 6.07) is 3.71. The second-order valence-electron chi connectivity index (χ2n) is 4.65. The van der Waals surface area contributed by atoms with Crippen LogP contribution in [0.25, 0.3) is 0 Å². The molecule has 0 unspecified atom stereocenters. The molecule has 2 rings (SSSR count). The van der Waals surface area contributed by atoms with E-state index in [4.69, 9.17) is 9.47 Å². The van der Waals surface area contributed by atoms with Crippen molar-refractivity contribution in [3.63, 3.8) is 0 Å². The average Bonchev–Trinajstić information content (AvgIpc) is 2.45. The molecule has 2 N–H and O–H groups in total. The summed E-state index contributed by atoms with van der Waals surface area (Å²) in [7, 11) is 0. The SMILES string of the molecule is CCN[C@H](C)CNC(=O)c1cc(Br)c2c(c1)OCCO2. The number of carbonyl (C=O) groups excluding carboxylic acids is 1. The minimum Gasteiger partial charge on any atom is -0.486 e. The van der Waals surface area contributed by atoms with Gasteiger partial charge in [0.1, 0.15) is 13.2 Å². The molecule has 5 nitrogen and oxygen atoms in total. The number of rotatable bonds is 5. The molecule has 1 amide bonds. The zero-order valence-corrected chi connectivity index (χ0v) is 13.2. The summed E-state index contributed by atoms with van der Waals surface area (Å²) in [4.78, 5) is 12.1. The first-order valence-corrected chi connectivity index (χ1v) is 7.51. The maximum Gasteiger partial charge on any atom is 0.251 e. The van der Waals surface area contributed by atoms with E-state index in [2.05, 4.69) is 26.6 Å². The Morgan fingerprint density at radius 2 is 2.15 bits per heavy atom. The maximum atomic E-state index is 12.1. The third-order valence-electron chi connectivity index (χ3n) is 2.98. The largest absolute Gasteiger partial charge is 0.486 e. The second kappa shape index (κ2) is 6.95.